The van der Waals surface area contributed by atoms with Gasteiger partial charge in [-0.25, -0.2) is 18.8 Å². The second-order valence-corrected chi connectivity index (χ2v) is 19.7. The quantitative estimate of drug-likeness (QED) is 0.0561. The third-order valence-electron chi connectivity index (χ3n) is 14.7. The first-order valence-electron chi connectivity index (χ1n) is 23.9. The van der Waals surface area contributed by atoms with E-state index in [0.717, 1.165) is 19.1 Å². The maximum Gasteiger partial charge on any atom is 0.408 e. The van der Waals surface area contributed by atoms with Gasteiger partial charge in [-0.3, -0.25) is 19.2 Å². The van der Waals surface area contributed by atoms with Crippen molar-refractivity contribution in [1.29, 1.82) is 0 Å². The van der Waals surface area contributed by atoms with Crippen molar-refractivity contribution in [2.24, 2.45) is 16.7 Å². The number of fused-ring (bicyclic) bond motifs is 5. The van der Waals surface area contributed by atoms with E-state index in [9.17, 15) is 33.5 Å². The minimum Gasteiger partial charge on any atom is -0.455 e. The van der Waals surface area contributed by atoms with Gasteiger partial charge in [0.25, 0.3) is 5.91 Å². The average molecular weight is 1020 g/mol. The van der Waals surface area contributed by atoms with E-state index in [1.165, 1.54) is 32.9 Å². The van der Waals surface area contributed by atoms with Gasteiger partial charge in [-0.05, 0) is 73.9 Å². The maximum absolute atomic E-state index is 16.2. The monoisotopic (exact) mass is 1020 g/mol. The Morgan fingerprint density at radius 2 is 1.56 bits per heavy atom. The Bertz CT molecular complexity index is 2580. The van der Waals surface area contributed by atoms with Gasteiger partial charge in [0.2, 0.25) is 6.10 Å². The fourth-order valence-electron chi connectivity index (χ4n) is 11.1. The molecule has 2 saturated carbocycles. The van der Waals surface area contributed by atoms with E-state index in [4.69, 9.17) is 33.2 Å². The topological polar surface area (TPSA) is 228 Å². The van der Waals surface area contributed by atoms with Gasteiger partial charge in [-0.15, -0.1) is 0 Å². The molecule has 3 aromatic rings. The molecule has 19 heteroatoms. The molecule has 7 rings (SSSR count). The average Bonchev–Trinajstić information content (AvgIpc) is 3.34. The third-order valence-corrected chi connectivity index (χ3v) is 14.9. The van der Waals surface area contributed by atoms with E-state index in [0.29, 0.717) is 5.56 Å². The highest BCUT2D eigenvalue weighted by Gasteiger charge is 2.78. The first kappa shape index (κ1) is 53.6. The summed E-state index contributed by atoms with van der Waals surface area (Å²) < 4.78 is 58.0. The number of alkyl carbamates (subject to hydrolysis) is 1. The zero-order valence-electron chi connectivity index (χ0n) is 41.1. The number of ketones is 1. The molecule has 0 radical (unpaired) electrons. The third kappa shape index (κ3) is 9.87. The van der Waals surface area contributed by atoms with Gasteiger partial charge in [-0.2, -0.15) is 12.6 Å². The van der Waals surface area contributed by atoms with Crippen molar-refractivity contribution >= 4 is 54.3 Å². The summed E-state index contributed by atoms with van der Waals surface area (Å²) in [4.78, 5) is 100. The smallest absolute Gasteiger partial charge is 0.408 e. The first-order chi connectivity index (χ1) is 34.2. The molecule has 0 spiro atoms. The number of rotatable bonds is 16. The number of hydrogen-bond donors (Lipinski definition) is 4. The molecule has 2 bridgehead atoms. The second kappa shape index (κ2) is 21.5. The van der Waals surface area contributed by atoms with Crippen molar-refractivity contribution < 1.29 is 76.2 Å². The highest BCUT2D eigenvalue weighted by atomic mass is 32.1. The Morgan fingerprint density at radius 3 is 2.14 bits per heavy atom. The number of hydrogen-bond acceptors (Lipinski definition) is 16. The first-order valence-corrected chi connectivity index (χ1v) is 24.5. The molecule has 1 aliphatic heterocycles. The summed E-state index contributed by atoms with van der Waals surface area (Å²) in [5.74, 6) is -7.36. The lowest BCUT2D eigenvalue weighted by molar-refractivity contribution is -0.348. The summed E-state index contributed by atoms with van der Waals surface area (Å²) >= 11 is 4.36. The molecule has 17 nitrogen and oxygen atoms in total. The minimum absolute atomic E-state index is 0.00636. The van der Waals surface area contributed by atoms with Gasteiger partial charge in [0.1, 0.15) is 35.8 Å². The molecule has 11 atom stereocenters. The van der Waals surface area contributed by atoms with Crippen LogP contribution in [-0.2, 0) is 52.3 Å². The standard InChI is InChI=1S/C53H61FN2O15S/c1-8-38(58)68-42(40(31-16-12-10-13-17-31)56-46(60)32-18-14-11-15-19-32)48(62)67-35-27-53(64)45(70-47(61)33-20-22-34(54)23-21-33)43-51(7,36(65-24-25-72)26-37-52(43,28-66-37)71-30(4)57)44(59)41(69-49(63)55-9-2)39(29(35)3)50(53,5)6/h10-23,35-37,40-43,45,64,72H,8-9,24-28H2,1-7H3,(H,55,63)(H,56,60)/t35-,36-,37+,40-,41+,42+,43?,45?,51+,52-,53+/m0/s1. The second-order valence-electron chi connectivity index (χ2n) is 19.2. The molecule has 3 aliphatic carbocycles. The lowest BCUT2D eigenvalue weighted by Crippen LogP contribution is -2.82. The summed E-state index contributed by atoms with van der Waals surface area (Å²) in [7, 11) is 0. The molecule has 3 aromatic carbocycles. The van der Waals surface area contributed by atoms with Crippen LogP contribution in [0.4, 0.5) is 9.18 Å². The zero-order chi connectivity index (χ0) is 52.3. The van der Waals surface area contributed by atoms with Crippen LogP contribution in [0, 0.1) is 22.6 Å². The van der Waals surface area contributed by atoms with E-state index in [-0.39, 0.29) is 60.6 Å². The number of carbonyl (C=O) groups excluding carboxylic acids is 7. The van der Waals surface area contributed by atoms with Crippen molar-refractivity contribution in [3.8, 4) is 0 Å². The van der Waals surface area contributed by atoms with Gasteiger partial charge in [0, 0.05) is 49.5 Å². The molecule has 386 valence electrons. The molecule has 0 aromatic heterocycles. The van der Waals surface area contributed by atoms with Gasteiger partial charge < -0.3 is 48.9 Å². The van der Waals surface area contributed by atoms with Crippen LogP contribution < -0.4 is 10.6 Å². The van der Waals surface area contributed by atoms with Crippen molar-refractivity contribution in [1.82, 2.24) is 10.6 Å². The Balaban J connectivity index is 1.46. The summed E-state index contributed by atoms with van der Waals surface area (Å²) in [6.45, 7) is 10.2. The minimum atomic E-state index is -2.49. The lowest BCUT2D eigenvalue weighted by Gasteiger charge is -2.67. The SMILES string of the molecule is CCNC(=O)O[C@H]1C(=O)[C@@]2(C)C(C(OC(=O)c3ccc(F)cc3)[C@]3(O)C[C@H](OC(=O)[C@H](OC(=O)CC)[C@@H](NC(=O)c4ccccc4)c4ccccc4)C(C)=C1C3(C)C)[C@]1(OC(C)=O)CO[C@@H]1C[C@@H]2OCCS. The van der Waals surface area contributed by atoms with Gasteiger partial charge in [-0.1, -0.05) is 69.3 Å². The number of Topliss-reactive ketones (excluding diaryl/α,β-unsaturated/α-hetero) is 1. The zero-order valence-corrected chi connectivity index (χ0v) is 42.0. The van der Waals surface area contributed by atoms with Gasteiger partial charge in [0.05, 0.1) is 36.2 Å². The Kier molecular flexibility index (Phi) is 16.0. The molecule has 2 amide bonds. The summed E-state index contributed by atoms with van der Waals surface area (Å²) in [5.41, 5.74) is -7.52. The predicted molar refractivity (Wildman–Crippen MR) is 258 cm³/mol. The van der Waals surface area contributed by atoms with Crippen molar-refractivity contribution in [2.75, 3.05) is 25.5 Å². The van der Waals surface area contributed by atoms with Crippen molar-refractivity contribution in [2.45, 2.75) is 122 Å². The van der Waals surface area contributed by atoms with Crippen LogP contribution in [0.3, 0.4) is 0 Å². The normalized spacial score (nSPS) is 28.9. The van der Waals surface area contributed by atoms with Crippen LogP contribution in [0.1, 0.15) is 100 Å². The highest BCUT2D eigenvalue weighted by Crippen LogP contribution is 2.65. The van der Waals surface area contributed by atoms with Crippen LogP contribution in [0.25, 0.3) is 0 Å². The summed E-state index contributed by atoms with van der Waals surface area (Å²) in [5, 5.41) is 19.5. The molecular formula is C53H61FN2O15S. The number of benzene rings is 3. The molecule has 2 unspecified atom stereocenters. The number of ether oxygens (including phenoxy) is 7. The van der Waals surface area contributed by atoms with Gasteiger partial charge >= 0.3 is 30.0 Å². The number of aliphatic hydroxyl groups is 1. The van der Waals surface area contributed by atoms with E-state index in [1.54, 1.807) is 81.4 Å². The maximum atomic E-state index is 16.2. The van der Waals surface area contributed by atoms with E-state index >= 15 is 9.59 Å². The summed E-state index contributed by atoms with van der Waals surface area (Å²) in [6.07, 6.45) is -11.3. The molecule has 3 N–H and O–H groups in total. The van der Waals surface area contributed by atoms with Crippen molar-refractivity contribution in [3.63, 3.8) is 0 Å². The van der Waals surface area contributed by atoms with Gasteiger partial charge in [0.15, 0.2) is 17.5 Å². The summed E-state index contributed by atoms with van der Waals surface area (Å²) in [6, 6.07) is 19.5. The lowest BCUT2D eigenvalue weighted by atomic mass is 9.44. The fourth-order valence-corrected chi connectivity index (χ4v) is 11.2. The Morgan fingerprint density at radius 1 is 0.903 bits per heavy atom. The van der Waals surface area contributed by atoms with Crippen LogP contribution in [-0.4, -0.2) is 120 Å². The number of halogens is 1. The Labute approximate surface area is 422 Å². The number of esters is 4. The number of thiol groups is 1. The van der Waals surface area contributed by atoms with Crippen LogP contribution in [0.5, 0.6) is 0 Å². The number of carbonyl (C=O) groups is 7. The van der Waals surface area contributed by atoms with Crippen LogP contribution >= 0.6 is 12.6 Å². The van der Waals surface area contributed by atoms with E-state index < -0.39 is 125 Å². The van der Waals surface area contributed by atoms with Crippen LogP contribution in [0.15, 0.2) is 96.1 Å². The number of amides is 2. The molecule has 1 heterocycles. The molecule has 3 fully saturated rings. The van der Waals surface area contributed by atoms with Crippen LogP contribution in [0.2, 0.25) is 0 Å². The predicted octanol–water partition coefficient (Wildman–Crippen LogP) is 5.97. The molecular weight excluding hydrogens is 956 g/mol. The molecule has 72 heavy (non-hydrogen) atoms. The fraction of sp³-hybridized carbons (Fsp3) is 0.491. The largest absolute Gasteiger partial charge is 0.455 e. The molecule has 4 aliphatic rings. The van der Waals surface area contributed by atoms with Crippen molar-refractivity contribution in [3.05, 3.63) is 119 Å². The Hall–Kier alpha value is -6.15. The van der Waals surface area contributed by atoms with E-state index in [1.807, 2.05) is 0 Å². The van der Waals surface area contributed by atoms with E-state index in [2.05, 4.69) is 23.3 Å². The number of nitrogens with one attached hydrogen (secondary N) is 2. The molecule has 1 saturated heterocycles. The highest BCUT2D eigenvalue weighted by molar-refractivity contribution is 7.80.